The van der Waals surface area contributed by atoms with Crippen LogP contribution in [0, 0.1) is 0 Å². The largest absolute Gasteiger partial charge is 0.310 e. The van der Waals surface area contributed by atoms with Crippen molar-refractivity contribution in [1.29, 1.82) is 0 Å². The quantitative estimate of drug-likeness (QED) is 0.149. The van der Waals surface area contributed by atoms with Crippen molar-refractivity contribution in [3.05, 3.63) is 231 Å². The van der Waals surface area contributed by atoms with E-state index in [4.69, 9.17) is 0 Å². The Labute approximate surface area is 317 Å². The highest BCUT2D eigenvalue weighted by Crippen LogP contribution is 2.42. The van der Waals surface area contributed by atoms with E-state index in [-0.39, 0.29) is 0 Å². The molecule has 0 spiro atoms. The number of anilines is 6. The van der Waals surface area contributed by atoms with E-state index in [9.17, 15) is 0 Å². The van der Waals surface area contributed by atoms with Crippen LogP contribution in [0.1, 0.15) is 0 Å². The predicted molar refractivity (Wildman–Crippen MR) is 230 cm³/mol. The van der Waals surface area contributed by atoms with Crippen LogP contribution in [-0.2, 0) is 0 Å². The molecule has 0 aliphatic rings. The fraction of sp³-hybridized carbons (Fsp3) is 0. The summed E-state index contributed by atoms with van der Waals surface area (Å²) in [5, 5.41) is 2.49. The number of hydrogen-bond acceptors (Lipinski definition) is 2. The van der Waals surface area contributed by atoms with E-state index in [1.54, 1.807) is 0 Å². The molecule has 0 unspecified atom stereocenters. The third kappa shape index (κ3) is 6.77. The van der Waals surface area contributed by atoms with Gasteiger partial charge in [0, 0.05) is 34.1 Å². The first-order chi connectivity index (χ1) is 26.8. The molecule has 9 aromatic carbocycles. The van der Waals surface area contributed by atoms with Crippen LogP contribution in [0.2, 0.25) is 0 Å². The molecule has 9 rings (SSSR count). The summed E-state index contributed by atoms with van der Waals surface area (Å²) in [6.45, 7) is 0. The monoisotopic (exact) mass is 690 g/mol. The SMILES string of the molecule is c1ccc(-c2cccc(-c3cccc(N(c4ccc(-c5ccc6ccccc6c5)cc4)c4cccc(N(c5ccccc5)c5ccccc5)c4)c3)c2)cc1. The lowest BCUT2D eigenvalue weighted by atomic mass is 9.98. The van der Waals surface area contributed by atoms with E-state index in [0.29, 0.717) is 0 Å². The van der Waals surface area contributed by atoms with Gasteiger partial charge in [-0.1, -0.05) is 152 Å². The van der Waals surface area contributed by atoms with Crippen LogP contribution in [0.15, 0.2) is 231 Å². The Morgan fingerprint density at radius 2 is 0.556 bits per heavy atom. The van der Waals surface area contributed by atoms with Crippen molar-refractivity contribution < 1.29 is 0 Å². The molecule has 0 aliphatic carbocycles. The summed E-state index contributed by atoms with van der Waals surface area (Å²) in [6.07, 6.45) is 0. The van der Waals surface area contributed by atoms with Gasteiger partial charge in [0.15, 0.2) is 0 Å². The van der Waals surface area contributed by atoms with Gasteiger partial charge >= 0.3 is 0 Å². The summed E-state index contributed by atoms with van der Waals surface area (Å²) in [6, 6.07) is 82.5. The highest BCUT2D eigenvalue weighted by Gasteiger charge is 2.18. The number of hydrogen-bond donors (Lipinski definition) is 0. The molecule has 0 saturated carbocycles. The van der Waals surface area contributed by atoms with Gasteiger partial charge in [0.1, 0.15) is 0 Å². The Kier molecular flexibility index (Phi) is 8.99. The molecule has 2 nitrogen and oxygen atoms in total. The third-order valence-corrected chi connectivity index (χ3v) is 9.99. The lowest BCUT2D eigenvalue weighted by molar-refractivity contribution is 1.25. The average molecular weight is 691 g/mol. The minimum atomic E-state index is 1.07. The van der Waals surface area contributed by atoms with E-state index in [1.165, 1.54) is 38.6 Å². The van der Waals surface area contributed by atoms with Gasteiger partial charge in [0.2, 0.25) is 0 Å². The van der Waals surface area contributed by atoms with Crippen LogP contribution in [0.25, 0.3) is 44.2 Å². The zero-order valence-electron chi connectivity index (χ0n) is 29.8. The molecular weight excluding hydrogens is 653 g/mol. The van der Waals surface area contributed by atoms with E-state index in [2.05, 4.69) is 240 Å². The molecule has 0 heterocycles. The molecule has 0 bridgehead atoms. The maximum Gasteiger partial charge on any atom is 0.0482 e. The number of nitrogens with zero attached hydrogens (tertiary/aromatic N) is 2. The highest BCUT2D eigenvalue weighted by molar-refractivity contribution is 5.89. The standard InChI is InChI=1S/C52H38N2/c1-4-15-39(16-5-1)43-19-12-20-44(35-43)45-21-13-26-50(37-45)54(49-33-31-41(32-34-49)46-30-29-40-17-10-11-18-42(40)36-46)52-28-14-27-51(38-52)53(47-22-6-2-7-23-47)48-24-8-3-9-25-48/h1-38H. The molecule has 9 aromatic rings. The van der Waals surface area contributed by atoms with Crippen molar-refractivity contribution in [2.45, 2.75) is 0 Å². The van der Waals surface area contributed by atoms with Crippen molar-refractivity contribution in [2.24, 2.45) is 0 Å². The number of benzene rings is 9. The Morgan fingerprint density at radius 1 is 0.185 bits per heavy atom. The third-order valence-electron chi connectivity index (χ3n) is 9.99. The Morgan fingerprint density at radius 3 is 1.20 bits per heavy atom. The smallest absolute Gasteiger partial charge is 0.0482 e. The number of para-hydroxylation sites is 2. The van der Waals surface area contributed by atoms with Gasteiger partial charge in [0.05, 0.1) is 0 Å². The maximum atomic E-state index is 2.37. The summed E-state index contributed by atoms with van der Waals surface area (Å²) >= 11 is 0. The molecule has 0 aliphatic heterocycles. The zero-order chi connectivity index (χ0) is 36.1. The molecule has 0 N–H and O–H groups in total. The molecule has 0 aromatic heterocycles. The second-order valence-corrected chi connectivity index (χ2v) is 13.5. The molecule has 0 fully saturated rings. The van der Waals surface area contributed by atoms with Crippen LogP contribution < -0.4 is 9.80 Å². The second-order valence-electron chi connectivity index (χ2n) is 13.5. The van der Waals surface area contributed by atoms with Gasteiger partial charge in [-0.15, -0.1) is 0 Å². The van der Waals surface area contributed by atoms with Gasteiger partial charge in [-0.3, -0.25) is 0 Å². The minimum Gasteiger partial charge on any atom is -0.310 e. The van der Waals surface area contributed by atoms with Crippen LogP contribution in [0.3, 0.4) is 0 Å². The summed E-state index contributed by atoms with van der Waals surface area (Å²) in [4.78, 5) is 4.68. The Hall–Kier alpha value is -7.16. The molecule has 256 valence electrons. The molecule has 2 heteroatoms. The van der Waals surface area contributed by atoms with Gasteiger partial charge in [-0.25, -0.2) is 0 Å². The van der Waals surface area contributed by atoms with Crippen molar-refractivity contribution in [1.82, 2.24) is 0 Å². The first-order valence-electron chi connectivity index (χ1n) is 18.4. The molecule has 54 heavy (non-hydrogen) atoms. The summed E-state index contributed by atoms with van der Waals surface area (Å²) in [7, 11) is 0. The number of fused-ring (bicyclic) bond motifs is 1. The van der Waals surface area contributed by atoms with Gasteiger partial charge in [-0.05, 0) is 123 Å². The molecule has 0 atom stereocenters. The predicted octanol–water partition coefficient (Wildman–Crippen LogP) is 14.8. The first-order valence-corrected chi connectivity index (χ1v) is 18.4. The van der Waals surface area contributed by atoms with Gasteiger partial charge in [-0.2, -0.15) is 0 Å². The maximum absolute atomic E-state index is 2.37. The van der Waals surface area contributed by atoms with Crippen molar-refractivity contribution >= 4 is 44.9 Å². The van der Waals surface area contributed by atoms with Crippen molar-refractivity contribution in [3.63, 3.8) is 0 Å². The average Bonchev–Trinajstić information content (AvgIpc) is 3.25. The van der Waals surface area contributed by atoms with E-state index in [0.717, 1.165) is 39.7 Å². The lowest BCUT2D eigenvalue weighted by Gasteiger charge is -2.29. The fourth-order valence-corrected chi connectivity index (χ4v) is 7.33. The molecule has 0 radical (unpaired) electrons. The van der Waals surface area contributed by atoms with E-state index in [1.807, 2.05) is 0 Å². The molecule has 0 amide bonds. The summed E-state index contributed by atoms with van der Waals surface area (Å²) < 4.78 is 0. The fourth-order valence-electron chi connectivity index (χ4n) is 7.33. The normalized spacial score (nSPS) is 11.0. The van der Waals surface area contributed by atoms with Crippen LogP contribution >= 0.6 is 0 Å². The second kappa shape index (κ2) is 14.8. The number of rotatable bonds is 9. The topological polar surface area (TPSA) is 6.48 Å². The van der Waals surface area contributed by atoms with E-state index < -0.39 is 0 Å². The van der Waals surface area contributed by atoms with Crippen LogP contribution in [-0.4, -0.2) is 0 Å². The first kappa shape index (κ1) is 32.7. The zero-order valence-corrected chi connectivity index (χ0v) is 29.8. The van der Waals surface area contributed by atoms with E-state index >= 15 is 0 Å². The molecular formula is C52H38N2. The van der Waals surface area contributed by atoms with Crippen LogP contribution in [0.5, 0.6) is 0 Å². The van der Waals surface area contributed by atoms with Crippen molar-refractivity contribution in [2.75, 3.05) is 9.80 Å². The summed E-state index contributed by atoms with van der Waals surface area (Å²) in [5.41, 5.74) is 13.7. The lowest BCUT2D eigenvalue weighted by Crippen LogP contribution is -2.13. The van der Waals surface area contributed by atoms with Crippen molar-refractivity contribution in [3.8, 4) is 33.4 Å². The minimum absolute atomic E-state index is 1.07. The van der Waals surface area contributed by atoms with Crippen LogP contribution in [0.4, 0.5) is 34.1 Å². The highest BCUT2D eigenvalue weighted by atomic mass is 15.2. The van der Waals surface area contributed by atoms with Gasteiger partial charge in [0.25, 0.3) is 0 Å². The Balaban J connectivity index is 1.16. The Bertz CT molecular complexity index is 2610. The van der Waals surface area contributed by atoms with Gasteiger partial charge < -0.3 is 9.80 Å². The molecule has 0 saturated heterocycles. The summed E-state index contributed by atoms with van der Waals surface area (Å²) in [5.74, 6) is 0.